The van der Waals surface area contributed by atoms with Gasteiger partial charge in [0.15, 0.2) is 0 Å². The Morgan fingerprint density at radius 3 is 2.44 bits per heavy atom. The number of hydrogen-bond acceptors (Lipinski definition) is 2. The number of halogens is 1. The van der Waals surface area contributed by atoms with Crippen molar-refractivity contribution in [3.63, 3.8) is 0 Å². The van der Waals surface area contributed by atoms with Crippen molar-refractivity contribution in [2.24, 2.45) is 0 Å². The predicted octanol–water partition coefficient (Wildman–Crippen LogP) is 4.14. The molecule has 0 amide bonds. The lowest BCUT2D eigenvalue weighted by atomic mass is 10.0. The molecule has 0 heterocycles. The molecule has 16 heavy (non-hydrogen) atoms. The van der Waals surface area contributed by atoms with E-state index < -0.39 is 11.9 Å². The van der Waals surface area contributed by atoms with Crippen molar-refractivity contribution in [1.29, 1.82) is 0 Å². The maximum atomic E-state index is 10.9. The van der Waals surface area contributed by atoms with Gasteiger partial charge < -0.3 is 5.11 Å². The minimum atomic E-state index is -0.795. The van der Waals surface area contributed by atoms with Gasteiger partial charge in [0.1, 0.15) is 0 Å². The van der Waals surface area contributed by atoms with E-state index in [1.807, 2.05) is 18.2 Å². The largest absolute Gasteiger partial charge is 0.481 e. The van der Waals surface area contributed by atoms with Crippen LogP contribution in [-0.2, 0) is 4.79 Å². The Bertz CT molecular complexity index is 391. The average Bonchev–Trinajstić information content (AvgIpc) is 2.19. The van der Waals surface area contributed by atoms with Crippen LogP contribution in [-0.4, -0.2) is 16.3 Å². The third kappa shape index (κ3) is 3.52. The molecule has 0 spiro atoms. The molecule has 0 fully saturated rings. The Balaban J connectivity index is 2.95. The van der Waals surface area contributed by atoms with Crippen LogP contribution in [0.5, 0.6) is 0 Å². The van der Waals surface area contributed by atoms with E-state index >= 15 is 0 Å². The molecular weight excluding hydrogens is 288 g/mol. The molecule has 1 atom stereocenters. The molecule has 4 heteroatoms. The summed E-state index contributed by atoms with van der Waals surface area (Å²) in [6, 6.07) is 5.75. The van der Waals surface area contributed by atoms with E-state index in [0.717, 1.165) is 14.9 Å². The number of thioether (sulfide) groups is 1. The Labute approximate surface area is 109 Å². The highest BCUT2D eigenvalue weighted by atomic mass is 79.9. The van der Waals surface area contributed by atoms with Crippen LogP contribution < -0.4 is 0 Å². The fourth-order valence-electron chi connectivity index (χ4n) is 1.28. The zero-order chi connectivity index (χ0) is 12.3. The number of benzene rings is 1. The lowest BCUT2D eigenvalue weighted by Gasteiger charge is -2.11. The van der Waals surface area contributed by atoms with Gasteiger partial charge in [-0.3, -0.25) is 4.79 Å². The Hall–Kier alpha value is -0.480. The van der Waals surface area contributed by atoms with Gasteiger partial charge in [-0.05, 0) is 40.5 Å². The van der Waals surface area contributed by atoms with E-state index in [-0.39, 0.29) is 0 Å². The molecule has 0 saturated carbocycles. The third-order valence-electron chi connectivity index (χ3n) is 2.19. The van der Waals surface area contributed by atoms with E-state index in [9.17, 15) is 4.79 Å². The van der Waals surface area contributed by atoms with Gasteiger partial charge in [-0.25, -0.2) is 0 Å². The molecule has 1 aromatic rings. The first-order valence-corrected chi connectivity index (χ1v) is 6.78. The summed E-state index contributed by atoms with van der Waals surface area (Å²) in [6.07, 6.45) is 0. The summed E-state index contributed by atoms with van der Waals surface area (Å²) in [4.78, 5) is 12.0. The van der Waals surface area contributed by atoms with E-state index in [4.69, 9.17) is 5.11 Å². The third-order valence-corrected chi connectivity index (χ3v) is 4.19. The smallest absolute Gasteiger partial charge is 0.310 e. The molecule has 0 radical (unpaired) electrons. The molecule has 0 aliphatic rings. The molecule has 2 nitrogen and oxygen atoms in total. The van der Waals surface area contributed by atoms with Crippen LogP contribution in [0.1, 0.15) is 32.3 Å². The van der Waals surface area contributed by atoms with Crippen molar-refractivity contribution in [1.82, 2.24) is 0 Å². The average molecular weight is 303 g/mol. The number of aliphatic carboxylic acids is 1. The molecule has 1 N–H and O–H groups in total. The summed E-state index contributed by atoms with van der Waals surface area (Å²) in [7, 11) is 0. The lowest BCUT2D eigenvalue weighted by molar-refractivity contribution is -0.138. The van der Waals surface area contributed by atoms with Gasteiger partial charge in [0.2, 0.25) is 0 Å². The second kappa shape index (κ2) is 5.73. The van der Waals surface area contributed by atoms with Gasteiger partial charge in [-0.15, -0.1) is 11.8 Å². The first-order valence-electron chi connectivity index (χ1n) is 5.10. The van der Waals surface area contributed by atoms with Crippen LogP contribution in [0.15, 0.2) is 27.6 Å². The molecule has 1 aromatic carbocycles. The van der Waals surface area contributed by atoms with Crippen molar-refractivity contribution < 1.29 is 9.90 Å². The van der Waals surface area contributed by atoms with Crippen LogP contribution in [0.25, 0.3) is 0 Å². The first kappa shape index (κ1) is 13.6. The van der Waals surface area contributed by atoms with Gasteiger partial charge in [-0.2, -0.15) is 0 Å². The Morgan fingerprint density at radius 2 is 2.00 bits per heavy atom. The molecule has 1 unspecified atom stereocenters. The summed E-state index contributed by atoms with van der Waals surface area (Å²) < 4.78 is 0.969. The van der Waals surface area contributed by atoms with Crippen molar-refractivity contribution in [2.75, 3.05) is 0 Å². The maximum Gasteiger partial charge on any atom is 0.310 e. The SMILES string of the molecule is CC(C)Sc1ccc(C(C)C(=O)O)cc1Br. The van der Waals surface area contributed by atoms with E-state index in [0.29, 0.717) is 5.25 Å². The number of carbonyl (C=O) groups is 1. The molecule has 0 aliphatic heterocycles. The van der Waals surface area contributed by atoms with Crippen LogP contribution in [0.4, 0.5) is 0 Å². The Morgan fingerprint density at radius 1 is 1.38 bits per heavy atom. The minimum Gasteiger partial charge on any atom is -0.481 e. The number of rotatable bonds is 4. The topological polar surface area (TPSA) is 37.3 Å². The van der Waals surface area contributed by atoms with E-state index in [1.165, 1.54) is 0 Å². The quantitative estimate of drug-likeness (QED) is 0.850. The second-order valence-electron chi connectivity index (χ2n) is 3.92. The highest BCUT2D eigenvalue weighted by Gasteiger charge is 2.15. The molecular formula is C12H15BrO2S. The maximum absolute atomic E-state index is 10.9. The molecule has 0 aromatic heterocycles. The molecule has 88 valence electrons. The molecule has 0 bridgehead atoms. The van der Waals surface area contributed by atoms with Gasteiger partial charge in [-0.1, -0.05) is 19.9 Å². The predicted molar refractivity (Wildman–Crippen MR) is 71.2 cm³/mol. The van der Waals surface area contributed by atoms with Crippen molar-refractivity contribution in [3.05, 3.63) is 28.2 Å². The van der Waals surface area contributed by atoms with Crippen molar-refractivity contribution in [2.45, 2.75) is 36.8 Å². The number of hydrogen-bond donors (Lipinski definition) is 1. The molecule has 0 aliphatic carbocycles. The van der Waals surface area contributed by atoms with E-state index in [1.54, 1.807) is 18.7 Å². The fraction of sp³-hybridized carbons (Fsp3) is 0.417. The monoisotopic (exact) mass is 302 g/mol. The van der Waals surface area contributed by atoms with Crippen LogP contribution >= 0.6 is 27.7 Å². The molecule has 0 saturated heterocycles. The number of carboxylic acids is 1. The minimum absolute atomic E-state index is 0.464. The lowest BCUT2D eigenvalue weighted by Crippen LogP contribution is -2.07. The summed E-state index contributed by atoms with van der Waals surface area (Å²) in [6.45, 7) is 5.95. The van der Waals surface area contributed by atoms with Gasteiger partial charge in [0.25, 0.3) is 0 Å². The van der Waals surface area contributed by atoms with Crippen LogP contribution in [0.3, 0.4) is 0 Å². The zero-order valence-corrected chi connectivity index (χ0v) is 11.9. The van der Waals surface area contributed by atoms with Gasteiger partial charge in [0, 0.05) is 14.6 Å². The normalized spacial score (nSPS) is 12.8. The summed E-state index contributed by atoms with van der Waals surface area (Å²) in [5.74, 6) is -1.26. The number of carboxylic acid groups (broad SMARTS) is 1. The fourth-order valence-corrected chi connectivity index (χ4v) is 2.78. The summed E-state index contributed by atoms with van der Waals surface area (Å²) in [5.41, 5.74) is 0.826. The van der Waals surface area contributed by atoms with Gasteiger partial charge >= 0.3 is 5.97 Å². The second-order valence-corrected chi connectivity index (χ2v) is 6.39. The summed E-state index contributed by atoms with van der Waals surface area (Å²) in [5, 5.41) is 9.43. The highest BCUT2D eigenvalue weighted by Crippen LogP contribution is 2.32. The van der Waals surface area contributed by atoms with E-state index in [2.05, 4.69) is 29.8 Å². The summed E-state index contributed by atoms with van der Waals surface area (Å²) >= 11 is 5.24. The van der Waals surface area contributed by atoms with Crippen molar-refractivity contribution in [3.8, 4) is 0 Å². The standard InChI is InChI=1S/C12H15BrO2S/c1-7(2)16-11-5-4-9(6-10(11)13)8(3)12(14)15/h4-8H,1-3H3,(H,14,15). The molecule has 1 rings (SSSR count). The van der Waals surface area contributed by atoms with Crippen LogP contribution in [0.2, 0.25) is 0 Å². The van der Waals surface area contributed by atoms with Crippen LogP contribution in [0, 0.1) is 0 Å². The zero-order valence-electron chi connectivity index (χ0n) is 9.53. The first-order chi connectivity index (χ1) is 7.41. The van der Waals surface area contributed by atoms with Crippen molar-refractivity contribution >= 4 is 33.7 Å². The Kier molecular flexibility index (Phi) is 4.87. The van der Waals surface area contributed by atoms with Gasteiger partial charge in [0.05, 0.1) is 5.92 Å². The highest BCUT2D eigenvalue weighted by molar-refractivity contribution is 9.10.